The van der Waals surface area contributed by atoms with Crippen molar-refractivity contribution in [3.63, 3.8) is 0 Å². The van der Waals surface area contributed by atoms with Gasteiger partial charge in [0.15, 0.2) is 18.1 Å². The molecule has 0 aromatic carbocycles. The van der Waals surface area contributed by atoms with Crippen molar-refractivity contribution in [2.45, 2.75) is 83.3 Å². The number of aryl methyl sites for hydroxylation is 1. The van der Waals surface area contributed by atoms with Gasteiger partial charge in [-0.25, -0.2) is 19.2 Å². The van der Waals surface area contributed by atoms with Crippen molar-refractivity contribution < 1.29 is 47.0 Å². The van der Waals surface area contributed by atoms with Crippen LogP contribution in [0.3, 0.4) is 0 Å². The molecule has 13 heteroatoms. The van der Waals surface area contributed by atoms with Crippen LogP contribution < -0.4 is 11.1 Å². The van der Waals surface area contributed by atoms with Crippen LogP contribution in [0.5, 0.6) is 0 Å². The molecular formula is C21H29NO11S. The van der Waals surface area contributed by atoms with E-state index in [1.807, 2.05) is 0 Å². The first kappa shape index (κ1) is 27.3. The molecule has 0 saturated heterocycles. The van der Waals surface area contributed by atoms with Crippen molar-refractivity contribution in [3.05, 3.63) is 22.1 Å². The van der Waals surface area contributed by atoms with Crippen LogP contribution in [-0.2, 0) is 35.1 Å². The van der Waals surface area contributed by atoms with E-state index in [0.29, 0.717) is 24.6 Å². The van der Waals surface area contributed by atoms with Crippen LogP contribution in [0.4, 0.5) is 9.59 Å². The van der Waals surface area contributed by atoms with Gasteiger partial charge in [0, 0.05) is 6.92 Å². The first-order valence-electron chi connectivity index (χ1n) is 10.7. The number of esters is 2. The summed E-state index contributed by atoms with van der Waals surface area (Å²) in [7, 11) is 0. The molecule has 0 radical (unpaired) electrons. The molecule has 1 fully saturated rings. The molecule has 0 aliphatic heterocycles. The summed E-state index contributed by atoms with van der Waals surface area (Å²) in [6, 6.07) is -1.30. The maximum Gasteiger partial charge on any atom is 0.519 e. The molecule has 0 bridgehead atoms. The monoisotopic (exact) mass is 503 g/mol. The number of hydrogen-bond acceptors (Lipinski definition) is 12. The fourth-order valence-corrected chi connectivity index (χ4v) is 4.01. The number of alkyl carbamates (subject to hydrolysis) is 1. The Morgan fingerprint density at radius 3 is 2.35 bits per heavy atom. The second kappa shape index (κ2) is 12.5. The zero-order chi connectivity index (χ0) is 25.3. The van der Waals surface area contributed by atoms with Gasteiger partial charge in [-0.15, -0.1) is 0 Å². The molecule has 1 atom stereocenters. The fourth-order valence-electron chi connectivity index (χ4n) is 3.19. The van der Waals surface area contributed by atoms with E-state index in [2.05, 4.69) is 10.1 Å². The van der Waals surface area contributed by atoms with Gasteiger partial charge in [0.2, 0.25) is 6.79 Å². The summed E-state index contributed by atoms with van der Waals surface area (Å²) in [5.74, 6) is -2.08. The van der Waals surface area contributed by atoms with E-state index in [1.54, 1.807) is 13.8 Å². The van der Waals surface area contributed by atoms with E-state index >= 15 is 0 Å². The maximum absolute atomic E-state index is 13.0. The second-order valence-electron chi connectivity index (χ2n) is 8.14. The highest BCUT2D eigenvalue weighted by Crippen LogP contribution is 2.32. The summed E-state index contributed by atoms with van der Waals surface area (Å²) in [5.41, 5.74) is 0. The molecule has 1 amide bonds. The molecule has 2 rings (SSSR count). The van der Waals surface area contributed by atoms with Gasteiger partial charge in [0.05, 0.1) is 4.75 Å². The number of nitrogens with one attached hydrogen (secondary N) is 1. The summed E-state index contributed by atoms with van der Waals surface area (Å²) < 4.78 is 28.3. The Bertz CT molecular complexity index is 929. The maximum atomic E-state index is 13.0. The highest BCUT2D eigenvalue weighted by Gasteiger charge is 2.42. The average Bonchev–Trinajstić information content (AvgIpc) is 3.07. The van der Waals surface area contributed by atoms with Gasteiger partial charge < -0.3 is 33.1 Å². The van der Waals surface area contributed by atoms with Crippen LogP contribution in [0, 0.1) is 6.92 Å². The van der Waals surface area contributed by atoms with Crippen molar-refractivity contribution in [1.29, 1.82) is 0 Å². The van der Waals surface area contributed by atoms with E-state index in [-0.39, 0.29) is 24.2 Å². The zero-order valence-electron chi connectivity index (χ0n) is 19.5. The molecule has 1 saturated carbocycles. The SMILES string of the molecule is CC(=O)OCOC(=O)N[C@@H](C(=O)OC1CCCCC1)C(C)(C)SC(=O)OCc1oc(=O)oc1C. The summed E-state index contributed by atoms with van der Waals surface area (Å²) >= 11 is 0.635. The van der Waals surface area contributed by atoms with Crippen molar-refractivity contribution >= 4 is 35.1 Å². The van der Waals surface area contributed by atoms with Gasteiger partial charge >= 0.3 is 29.2 Å². The van der Waals surface area contributed by atoms with Gasteiger partial charge in [0.1, 0.15) is 12.1 Å². The molecule has 1 aromatic rings. The standard InChI is InChI=1S/C21H29NO11S/c1-12-15(33-19(26)31-12)10-28-20(27)34-21(3,4)16(22-18(25)30-11-29-13(2)23)17(24)32-14-8-6-5-7-9-14/h14,16H,5-11H2,1-4H3,(H,22,25)/t16-/m0/s1. The minimum Gasteiger partial charge on any atom is -0.461 e. The first-order chi connectivity index (χ1) is 16.0. The van der Waals surface area contributed by atoms with Crippen molar-refractivity contribution in [2.24, 2.45) is 0 Å². The van der Waals surface area contributed by atoms with Crippen LogP contribution >= 0.6 is 11.8 Å². The van der Waals surface area contributed by atoms with Crippen molar-refractivity contribution in [1.82, 2.24) is 5.32 Å². The third-order valence-electron chi connectivity index (χ3n) is 4.98. The Balaban J connectivity index is 2.05. The molecule has 34 heavy (non-hydrogen) atoms. The van der Waals surface area contributed by atoms with E-state index in [1.165, 1.54) is 6.92 Å². The van der Waals surface area contributed by atoms with Crippen LogP contribution in [0.25, 0.3) is 0 Å². The van der Waals surface area contributed by atoms with Crippen LogP contribution in [0.1, 0.15) is 64.4 Å². The van der Waals surface area contributed by atoms with Crippen LogP contribution in [0.2, 0.25) is 0 Å². The number of rotatable bonds is 9. The van der Waals surface area contributed by atoms with Gasteiger partial charge in [-0.05, 0) is 58.2 Å². The molecule has 1 aliphatic rings. The molecule has 0 spiro atoms. The smallest absolute Gasteiger partial charge is 0.461 e. The van der Waals surface area contributed by atoms with Gasteiger partial charge in [0.25, 0.3) is 0 Å². The van der Waals surface area contributed by atoms with Crippen molar-refractivity contribution in [2.75, 3.05) is 6.79 Å². The van der Waals surface area contributed by atoms with Crippen LogP contribution in [-0.4, -0.2) is 47.0 Å². The Morgan fingerprint density at radius 1 is 1.09 bits per heavy atom. The molecule has 0 unspecified atom stereocenters. The molecule has 1 N–H and O–H groups in total. The third kappa shape index (κ3) is 8.76. The first-order valence-corrected chi connectivity index (χ1v) is 11.5. The number of thioether (sulfide) groups is 1. The lowest BCUT2D eigenvalue weighted by molar-refractivity contribution is -0.155. The zero-order valence-corrected chi connectivity index (χ0v) is 20.3. The van der Waals surface area contributed by atoms with Gasteiger partial charge in [-0.3, -0.25) is 4.79 Å². The van der Waals surface area contributed by atoms with Gasteiger partial charge in [-0.2, -0.15) is 0 Å². The van der Waals surface area contributed by atoms with E-state index in [0.717, 1.165) is 26.2 Å². The Hall–Kier alpha value is -2.96. The fraction of sp³-hybridized carbons (Fsp3) is 0.667. The summed E-state index contributed by atoms with van der Waals surface area (Å²) in [6.07, 6.45) is 3.00. The summed E-state index contributed by atoms with van der Waals surface area (Å²) in [6.45, 7) is 4.72. The molecule has 12 nitrogen and oxygen atoms in total. The van der Waals surface area contributed by atoms with Crippen LogP contribution in [0.15, 0.2) is 13.6 Å². The Kier molecular flexibility index (Phi) is 10.0. The topological polar surface area (TPSA) is 161 Å². The van der Waals surface area contributed by atoms with Gasteiger partial charge in [-0.1, -0.05) is 6.42 Å². The molecular weight excluding hydrogens is 474 g/mol. The lowest BCUT2D eigenvalue weighted by Gasteiger charge is -2.33. The van der Waals surface area contributed by atoms with E-state index < -0.39 is 46.7 Å². The average molecular weight is 504 g/mol. The normalized spacial score (nSPS) is 15.2. The largest absolute Gasteiger partial charge is 0.519 e. The summed E-state index contributed by atoms with van der Waals surface area (Å²) in [4.78, 5) is 59.6. The summed E-state index contributed by atoms with van der Waals surface area (Å²) in [5, 5.41) is 1.59. The second-order valence-corrected chi connectivity index (χ2v) is 9.73. The molecule has 190 valence electrons. The minimum absolute atomic E-state index is 0.0530. The predicted octanol–water partition coefficient (Wildman–Crippen LogP) is 3.18. The Labute approximate surface area is 200 Å². The Morgan fingerprint density at radius 2 is 1.76 bits per heavy atom. The van der Waals surface area contributed by atoms with E-state index in [4.69, 9.17) is 23.0 Å². The highest BCUT2D eigenvalue weighted by molar-refractivity contribution is 8.14. The predicted molar refractivity (Wildman–Crippen MR) is 117 cm³/mol. The number of amides is 1. The lowest BCUT2D eigenvalue weighted by Crippen LogP contribution is -2.54. The number of carbonyl (C=O) groups is 4. The number of carbonyl (C=O) groups excluding carboxylic acids is 4. The lowest BCUT2D eigenvalue weighted by atomic mass is 9.97. The van der Waals surface area contributed by atoms with Crippen molar-refractivity contribution in [3.8, 4) is 0 Å². The minimum atomic E-state index is -1.30. The molecule has 1 heterocycles. The number of ether oxygens (including phenoxy) is 4. The molecule has 1 aromatic heterocycles. The molecule has 1 aliphatic carbocycles. The quantitative estimate of drug-likeness (QED) is 0.298. The number of hydrogen-bond donors (Lipinski definition) is 1. The third-order valence-corrected chi connectivity index (χ3v) is 6.03. The van der Waals surface area contributed by atoms with E-state index in [9.17, 15) is 24.0 Å². The highest BCUT2D eigenvalue weighted by atomic mass is 32.2.